The van der Waals surface area contributed by atoms with E-state index in [1.54, 1.807) is 7.11 Å². The van der Waals surface area contributed by atoms with Gasteiger partial charge in [0.2, 0.25) is 0 Å². The van der Waals surface area contributed by atoms with Crippen molar-refractivity contribution < 1.29 is 9.53 Å². The molecule has 0 saturated heterocycles. The molecule has 0 spiro atoms. The van der Waals surface area contributed by atoms with Gasteiger partial charge in [-0.1, -0.05) is 0 Å². The summed E-state index contributed by atoms with van der Waals surface area (Å²) < 4.78 is 6.02. The summed E-state index contributed by atoms with van der Waals surface area (Å²) in [5.74, 6) is -0.0255. The quantitative estimate of drug-likeness (QED) is 0.666. The van der Waals surface area contributed by atoms with Gasteiger partial charge in [0.05, 0.1) is 0 Å². The van der Waals surface area contributed by atoms with Crippen LogP contribution in [-0.4, -0.2) is 26.2 Å². The second-order valence-corrected chi connectivity index (χ2v) is 4.35. The van der Waals surface area contributed by atoms with Crippen LogP contribution < -0.4 is 5.32 Å². The zero-order valence-electron chi connectivity index (χ0n) is 8.63. The van der Waals surface area contributed by atoms with E-state index in [9.17, 15) is 4.79 Å². The zero-order chi connectivity index (χ0) is 11.1. The van der Waals surface area contributed by atoms with Crippen molar-refractivity contribution in [3.05, 3.63) is 33.4 Å². The van der Waals surface area contributed by atoms with Gasteiger partial charge in [0.15, 0.2) is 0 Å². The summed E-state index contributed by atoms with van der Waals surface area (Å²) in [6.07, 6.45) is 0.840. The molecule has 4 heteroatoms. The summed E-state index contributed by atoms with van der Waals surface area (Å²) in [5.41, 5.74) is 0.702. The molecule has 0 unspecified atom stereocenters. The van der Waals surface area contributed by atoms with Crippen molar-refractivity contribution in [3.8, 4) is 0 Å². The Hall–Kier alpha value is -0.620. The van der Waals surface area contributed by atoms with Crippen LogP contribution in [0, 0.1) is 3.57 Å². The third-order valence-electron chi connectivity index (χ3n) is 1.92. The zero-order valence-corrected chi connectivity index (χ0v) is 10.8. The van der Waals surface area contributed by atoms with Crippen LogP contribution in [0.2, 0.25) is 0 Å². The number of carbonyl (C=O) groups excluding carboxylic acids is 1. The van der Waals surface area contributed by atoms with Crippen molar-refractivity contribution in [2.45, 2.75) is 6.42 Å². The molecule has 0 aliphatic heterocycles. The highest BCUT2D eigenvalue weighted by Crippen LogP contribution is 2.06. The van der Waals surface area contributed by atoms with Crippen LogP contribution in [-0.2, 0) is 4.74 Å². The van der Waals surface area contributed by atoms with Gasteiger partial charge in [-0.05, 0) is 53.3 Å². The highest BCUT2D eigenvalue weighted by Gasteiger charge is 2.03. The smallest absolute Gasteiger partial charge is 0.251 e. The Bertz CT molecular complexity index is 311. The molecule has 1 amide bonds. The molecular weight excluding hydrogens is 305 g/mol. The number of amides is 1. The molecule has 0 aliphatic rings. The van der Waals surface area contributed by atoms with Crippen molar-refractivity contribution >= 4 is 28.5 Å². The minimum Gasteiger partial charge on any atom is -0.385 e. The first-order valence-electron chi connectivity index (χ1n) is 4.76. The highest BCUT2D eigenvalue weighted by atomic mass is 127. The molecule has 0 aliphatic carbocycles. The molecule has 0 fully saturated rings. The molecule has 0 aromatic heterocycles. The van der Waals surface area contributed by atoms with Crippen molar-refractivity contribution in [3.63, 3.8) is 0 Å². The maximum atomic E-state index is 11.6. The third kappa shape index (κ3) is 4.61. The number of carbonyl (C=O) groups is 1. The maximum absolute atomic E-state index is 11.6. The third-order valence-corrected chi connectivity index (χ3v) is 2.64. The Balaban J connectivity index is 2.37. The van der Waals surface area contributed by atoms with Crippen molar-refractivity contribution in [1.82, 2.24) is 5.32 Å². The van der Waals surface area contributed by atoms with Gasteiger partial charge in [-0.3, -0.25) is 4.79 Å². The second-order valence-electron chi connectivity index (χ2n) is 3.11. The highest BCUT2D eigenvalue weighted by molar-refractivity contribution is 14.1. The predicted molar refractivity (Wildman–Crippen MR) is 68.0 cm³/mol. The van der Waals surface area contributed by atoms with Gasteiger partial charge in [-0.15, -0.1) is 0 Å². The first kappa shape index (κ1) is 12.4. The minimum absolute atomic E-state index is 0.0255. The summed E-state index contributed by atoms with van der Waals surface area (Å²) in [4.78, 5) is 11.6. The van der Waals surface area contributed by atoms with Crippen LogP contribution in [0.5, 0.6) is 0 Å². The maximum Gasteiger partial charge on any atom is 0.251 e. The van der Waals surface area contributed by atoms with E-state index in [2.05, 4.69) is 27.9 Å². The molecule has 0 radical (unpaired) electrons. The van der Waals surface area contributed by atoms with E-state index in [-0.39, 0.29) is 5.91 Å². The molecule has 15 heavy (non-hydrogen) atoms. The summed E-state index contributed by atoms with van der Waals surface area (Å²) in [6, 6.07) is 7.50. The minimum atomic E-state index is -0.0255. The topological polar surface area (TPSA) is 38.3 Å². The van der Waals surface area contributed by atoms with E-state index >= 15 is 0 Å². The number of rotatable bonds is 5. The number of ether oxygens (including phenoxy) is 1. The largest absolute Gasteiger partial charge is 0.385 e. The molecule has 0 heterocycles. The van der Waals surface area contributed by atoms with E-state index in [0.29, 0.717) is 18.7 Å². The van der Waals surface area contributed by atoms with Crippen molar-refractivity contribution in [1.29, 1.82) is 0 Å². The van der Waals surface area contributed by atoms with Gasteiger partial charge in [0.1, 0.15) is 0 Å². The van der Waals surface area contributed by atoms with Crippen molar-refractivity contribution in [2.75, 3.05) is 20.3 Å². The molecule has 1 N–H and O–H groups in total. The number of halogens is 1. The van der Waals surface area contributed by atoms with Gasteiger partial charge in [-0.25, -0.2) is 0 Å². The predicted octanol–water partition coefficient (Wildman–Crippen LogP) is 2.06. The molecule has 0 atom stereocenters. The van der Waals surface area contributed by atoms with E-state index in [0.717, 1.165) is 9.99 Å². The summed E-state index contributed by atoms with van der Waals surface area (Å²) in [6.45, 7) is 1.33. The van der Waals surface area contributed by atoms with Gasteiger partial charge >= 0.3 is 0 Å². The molecule has 1 rings (SSSR count). The SMILES string of the molecule is COCCCNC(=O)c1ccc(I)cc1. The molecule has 3 nitrogen and oxygen atoms in total. The molecule has 1 aromatic rings. The lowest BCUT2D eigenvalue weighted by molar-refractivity contribution is 0.0948. The summed E-state index contributed by atoms with van der Waals surface area (Å²) >= 11 is 2.21. The Labute approximate surface area is 103 Å². The monoisotopic (exact) mass is 319 g/mol. The standard InChI is InChI=1S/C11H14INO2/c1-15-8-2-7-13-11(14)9-3-5-10(12)6-4-9/h3-6H,2,7-8H2,1H3,(H,13,14). The first-order chi connectivity index (χ1) is 7.24. The van der Waals surface area contributed by atoms with Gasteiger partial charge in [-0.2, -0.15) is 0 Å². The van der Waals surface area contributed by atoms with Crippen LogP contribution in [0.4, 0.5) is 0 Å². The van der Waals surface area contributed by atoms with Crippen molar-refractivity contribution in [2.24, 2.45) is 0 Å². The lowest BCUT2D eigenvalue weighted by Gasteiger charge is -2.04. The Kier molecular flexibility index (Phi) is 5.63. The second kappa shape index (κ2) is 6.79. The lowest BCUT2D eigenvalue weighted by atomic mass is 10.2. The average molecular weight is 319 g/mol. The van der Waals surface area contributed by atoms with E-state index < -0.39 is 0 Å². The summed E-state index contributed by atoms with van der Waals surface area (Å²) in [5, 5.41) is 2.83. The average Bonchev–Trinajstić information content (AvgIpc) is 2.25. The molecule has 1 aromatic carbocycles. The Morgan fingerprint density at radius 3 is 2.67 bits per heavy atom. The van der Waals surface area contributed by atoms with Crippen LogP contribution in [0.15, 0.2) is 24.3 Å². The first-order valence-corrected chi connectivity index (χ1v) is 5.84. The van der Waals surface area contributed by atoms with Crippen LogP contribution in [0.3, 0.4) is 0 Å². The number of hydrogen-bond acceptors (Lipinski definition) is 2. The van der Waals surface area contributed by atoms with Crippen LogP contribution in [0.1, 0.15) is 16.8 Å². The molecule has 0 saturated carbocycles. The number of nitrogens with one attached hydrogen (secondary N) is 1. The molecule has 0 bridgehead atoms. The van der Waals surface area contributed by atoms with Gasteiger partial charge < -0.3 is 10.1 Å². The lowest BCUT2D eigenvalue weighted by Crippen LogP contribution is -2.25. The normalized spacial score (nSPS) is 10.0. The fourth-order valence-corrected chi connectivity index (χ4v) is 1.48. The number of hydrogen-bond donors (Lipinski definition) is 1. The van der Waals surface area contributed by atoms with Gasteiger partial charge in [0, 0.05) is 29.4 Å². The number of methoxy groups -OCH3 is 1. The molecular formula is C11H14INO2. The van der Waals surface area contributed by atoms with Crippen LogP contribution >= 0.6 is 22.6 Å². The molecule has 82 valence electrons. The Morgan fingerprint density at radius 2 is 2.07 bits per heavy atom. The van der Waals surface area contributed by atoms with Crippen LogP contribution in [0.25, 0.3) is 0 Å². The van der Waals surface area contributed by atoms with E-state index in [1.165, 1.54) is 0 Å². The fraction of sp³-hybridized carbons (Fsp3) is 0.364. The van der Waals surface area contributed by atoms with E-state index in [1.807, 2.05) is 24.3 Å². The van der Waals surface area contributed by atoms with E-state index in [4.69, 9.17) is 4.74 Å². The summed E-state index contributed by atoms with van der Waals surface area (Å²) in [7, 11) is 1.65. The number of benzene rings is 1. The Morgan fingerprint density at radius 1 is 1.40 bits per heavy atom. The fourth-order valence-electron chi connectivity index (χ4n) is 1.12. The van der Waals surface area contributed by atoms with Gasteiger partial charge in [0.25, 0.3) is 5.91 Å².